The smallest absolute Gasteiger partial charge is 0.216 e. The third kappa shape index (κ3) is 2.92. The van der Waals surface area contributed by atoms with Gasteiger partial charge in [-0.3, -0.25) is 4.79 Å². The van der Waals surface area contributed by atoms with Gasteiger partial charge in [-0.1, -0.05) is 0 Å². The lowest BCUT2D eigenvalue weighted by atomic mass is 9.90. The van der Waals surface area contributed by atoms with Gasteiger partial charge in [-0.05, 0) is 18.1 Å². The lowest BCUT2D eigenvalue weighted by molar-refractivity contribution is -0.119. The molecule has 0 aromatic heterocycles. The molecule has 19 heavy (non-hydrogen) atoms. The predicted molar refractivity (Wildman–Crippen MR) is 74.1 cm³/mol. The number of hydrogen-bond acceptors (Lipinski definition) is 4. The Kier molecular flexibility index (Phi) is 4.14. The van der Waals surface area contributed by atoms with Gasteiger partial charge in [0.05, 0.1) is 14.2 Å². The molecule has 0 aliphatic carbocycles. The molecule has 1 unspecified atom stereocenters. The first-order chi connectivity index (χ1) is 9.15. The maximum absolute atomic E-state index is 11.1. The average Bonchev–Trinajstić information content (AvgIpc) is 2.43. The summed E-state index contributed by atoms with van der Waals surface area (Å²) in [4.78, 5) is 11.1. The number of rotatable bonds is 4. The van der Waals surface area contributed by atoms with Crippen LogP contribution in [0.3, 0.4) is 0 Å². The van der Waals surface area contributed by atoms with Crippen LogP contribution in [0.15, 0.2) is 12.1 Å². The van der Waals surface area contributed by atoms with Gasteiger partial charge in [0.15, 0.2) is 11.5 Å². The van der Waals surface area contributed by atoms with E-state index in [1.165, 1.54) is 6.92 Å². The van der Waals surface area contributed by atoms with Gasteiger partial charge in [0, 0.05) is 37.7 Å². The van der Waals surface area contributed by atoms with E-state index in [1.807, 2.05) is 12.1 Å². The zero-order valence-corrected chi connectivity index (χ0v) is 11.6. The molecule has 0 fully saturated rings. The first-order valence-corrected chi connectivity index (χ1v) is 6.40. The molecule has 0 radical (unpaired) electrons. The number of hydrogen-bond donors (Lipinski definition) is 2. The van der Waals surface area contributed by atoms with Crippen molar-refractivity contribution in [3.8, 4) is 11.5 Å². The van der Waals surface area contributed by atoms with Crippen molar-refractivity contribution in [1.82, 2.24) is 5.32 Å². The second-order valence-corrected chi connectivity index (χ2v) is 4.64. The van der Waals surface area contributed by atoms with Crippen molar-refractivity contribution in [2.24, 2.45) is 0 Å². The number of nitrogens with one attached hydrogen (secondary N) is 2. The van der Waals surface area contributed by atoms with Crippen LogP contribution < -0.4 is 20.1 Å². The van der Waals surface area contributed by atoms with Crippen LogP contribution in [0.4, 0.5) is 5.69 Å². The summed E-state index contributed by atoms with van der Waals surface area (Å²) in [7, 11) is 3.26. The van der Waals surface area contributed by atoms with Crippen molar-refractivity contribution in [2.75, 3.05) is 32.6 Å². The molecule has 2 rings (SSSR count). The van der Waals surface area contributed by atoms with E-state index in [0.29, 0.717) is 18.2 Å². The Bertz CT molecular complexity index is 474. The van der Waals surface area contributed by atoms with Crippen molar-refractivity contribution < 1.29 is 14.3 Å². The number of fused-ring (bicyclic) bond motifs is 1. The molecule has 1 aromatic rings. The minimum absolute atomic E-state index is 0.000518. The minimum Gasteiger partial charge on any atom is -0.493 e. The maximum Gasteiger partial charge on any atom is 0.216 e. The van der Waals surface area contributed by atoms with Crippen LogP contribution in [0.5, 0.6) is 11.5 Å². The van der Waals surface area contributed by atoms with Gasteiger partial charge in [0.2, 0.25) is 5.91 Å². The summed E-state index contributed by atoms with van der Waals surface area (Å²) in [6, 6.07) is 3.95. The Labute approximate surface area is 113 Å². The summed E-state index contributed by atoms with van der Waals surface area (Å²) in [5.74, 6) is 1.74. The van der Waals surface area contributed by atoms with Gasteiger partial charge in [-0.25, -0.2) is 0 Å². The zero-order valence-electron chi connectivity index (χ0n) is 11.6. The van der Waals surface area contributed by atoms with E-state index >= 15 is 0 Å². The number of carbonyl (C=O) groups excluding carboxylic acids is 1. The Hall–Kier alpha value is -1.91. The van der Waals surface area contributed by atoms with E-state index in [2.05, 4.69) is 10.6 Å². The van der Waals surface area contributed by atoms with Crippen LogP contribution in [-0.4, -0.2) is 33.2 Å². The molecule has 1 atom stereocenters. The minimum atomic E-state index is 0.000518. The second-order valence-electron chi connectivity index (χ2n) is 4.64. The molecule has 1 aromatic carbocycles. The summed E-state index contributed by atoms with van der Waals surface area (Å²) in [5.41, 5.74) is 2.22. The van der Waals surface area contributed by atoms with Crippen molar-refractivity contribution >= 4 is 11.6 Å². The Balaban J connectivity index is 2.29. The van der Waals surface area contributed by atoms with Gasteiger partial charge in [0.1, 0.15) is 0 Å². The number of ether oxygens (including phenoxy) is 2. The van der Waals surface area contributed by atoms with Crippen LogP contribution in [0, 0.1) is 0 Å². The van der Waals surface area contributed by atoms with Gasteiger partial charge < -0.3 is 20.1 Å². The molecule has 0 bridgehead atoms. The van der Waals surface area contributed by atoms with E-state index in [0.717, 1.165) is 30.0 Å². The summed E-state index contributed by atoms with van der Waals surface area (Å²) in [5, 5.41) is 6.24. The van der Waals surface area contributed by atoms with E-state index in [4.69, 9.17) is 9.47 Å². The van der Waals surface area contributed by atoms with E-state index in [-0.39, 0.29) is 5.91 Å². The summed E-state index contributed by atoms with van der Waals surface area (Å²) >= 11 is 0. The number of benzene rings is 1. The fraction of sp³-hybridized carbons (Fsp3) is 0.500. The molecule has 5 nitrogen and oxygen atoms in total. The van der Waals surface area contributed by atoms with Crippen LogP contribution in [-0.2, 0) is 4.79 Å². The lowest BCUT2D eigenvalue weighted by Gasteiger charge is -2.28. The molecule has 2 N–H and O–H groups in total. The highest BCUT2D eigenvalue weighted by atomic mass is 16.5. The summed E-state index contributed by atoms with van der Waals surface area (Å²) in [6.45, 7) is 3.09. The number of amides is 1. The van der Waals surface area contributed by atoms with E-state index < -0.39 is 0 Å². The highest BCUT2D eigenvalue weighted by molar-refractivity contribution is 5.73. The molecule has 104 valence electrons. The fourth-order valence-electron chi connectivity index (χ4n) is 2.40. The molecule has 0 saturated heterocycles. The highest BCUT2D eigenvalue weighted by Gasteiger charge is 2.22. The van der Waals surface area contributed by atoms with Crippen molar-refractivity contribution in [2.45, 2.75) is 19.3 Å². The first-order valence-electron chi connectivity index (χ1n) is 6.40. The number of carbonyl (C=O) groups is 1. The monoisotopic (exact) mass is 264 g/mol. The van der Waals surface area contributed by atoms with Gasteiger partial charge >= 0.3 is 0 Å². The third-order valence-corrected chi connectivity index (χ3v) is 3.40. The standard InChI is InChI=1S/C14H20N2O3/c1-9(17)16-8-10-4-5-15-12-7-14(19-3)13(18-2)6-11(10)12/h6-7,10,15H,4-5,8H2,1-3H3,(H,16,17). The summed E-state index contributed by atoms with van der Waals surface area (Å²) in [6.07, 6.45) is 0.989. The molecule has 5 heteroatoms. The first kappa shape index (κ1) is 13.5. The normalized spacial score (nSPS) is 17.1. The number of methoxy groups -OCH3 is 2. The predicted octanol–water partition coefficient (Wildman–Crippen LogP) is 1.74. The van der Waals surface area contributed by atoms with E-state index in [9.17, 15) is 4.79 Å². The quantitative estimate of drug-likeness (QED) is 0.869. The zero-order chi connectivity index (χ0) is 13.8. The molecule has 1 aliphatic heterocycles. The van der Waals surface area contributed by atoms with Gasteiger partial charge in [-0.15, -0.1) is 0 Å². The molecule has 1 aliphatic rings. The maximum atomic E-state index is 11.1. The van der Waals surface area contributed by atoms with Crippen molar-refractivity contribution in [3.63, 3.8) is 0 Å². The topological polar surface area (TPSA) is 59.6 Å². The second kappa shape index (κ2) is 5.82. The molecule has 0 spiro atoms. The fourth-order valence-corrected chi connectivity index (χ4v) is 2.40. The molecular formula is C14H20N2O3. The average molecular weight is 264 g/mol. The number of anilines is 1. The third-order valence-electron chi connectivity index (χ3n) is 3.40. The Morgan fingerprint density at radius 3 is 2.68 bits per heavy atom. The summed E-state index contributed by atoms with van der Waals surface area (Å²) < 4.78 is 10.6. The Morgan fingerprint density at radius 1 is 1.37 bits per heavy atom. The Morgan fingerprint density at radius 2 is 2.05 bits per heavy atom. The lowest BCUT2D eigenvalue weighted by Crippen LogP contribution is -2.29. The van der Waals surface area contributed by atoms with Crippen LogP contribution in [0.2, 0.25) is 0 Å². The van der Waals surface area contributed by atoms with Crippen LogP contribution >= 0.6 is 0 Å². The van der Waals surface area contributed by atoms with Crippen molar-refractivity contribution in [3.05, 3.63) is 17.7 Å². The van der Waals surface area contributed by atoms with Crippen molar-refractivity contribution in [1.29, 1.82) is 0 Å². The molecule has 1 amide bonds. The van der Waals surface area contributed by atoms with Crippen LogP contribution in [0.25, 0.3) is 0 Å². The molecule has 0 saturated carbocycles. The SMILES string of the molecule is COc1cc2c(cc1OC)C(CNC(C)=O)CCN2. The van der Waals surface area contributed by atoms with Gasteiger partial charge in [0.25, 0.3) is 0 Å². The largest absolute Gasteiger partial charge is 0.493 e. The molecular weight excluding hydrogens is 244 g/mol. The van der Waals surface area contributed by atoms with Gasteiger partial charge in [-0.2, -0.15) is 0 Å². The highest BCUT2D eigenvalue weighted by Crippen LogP contribution is 2.39. The molecule has 1 heterocycles. The van der Waals surface area contributed by atoms with Crippen LogP contribution in [0.1, 0.15) is 24.8 Å². The van der Waals surface area contributed by atoms with E-state index in [1.54, 1.807) is 14.2 Å².